The number of aryl methyl sites for hydroxylation is 1. The molecule has 1 amide bonds. The Labute approximate surface area is 207 Å². The molecule has 35 heavy (non-hydrogen) atoms. The number of nitrogens with zero attached hydrogens (tertiary/aromatic N) is 3. The zero-order chi connectivity index (χ0) is 24.9. The van der Waals surface area contributed by atoms with Crippen molar-refractivity contribution in [2.75, 3.05) is 57.4 Å². The highest BCUT2D eigenvalue weighted by atomic mass is 16.5. The van der Waals surface area contributed by atoms with Crippen LogP contribution in [0.1, 0.15) is 36.6 Å². The summed E-state index contributed by atoms with van der Waals surface area (Å²) in [5, 5.41) is 11.2. The molecule has 0 bridgehead atoms. The molecule has 4 rings (SSSR count). The second-order valence-electron chi connectivity index (χ2n) is 9.08. The lowest BCUT2D eigenvalue weighted by Crippen LogP contribution is -2.42. The first-order valence-electron chi connectivity index (χ1n) is 12.4. The largest absolute Gasteiger partial charge is 0.507 e. The monoisotopic (exact) mass is 477 g/mol. The molecule has 1 N–H and O–H groups in total. The van der Waals surface area contributed by atoms with E-state index in [1.807, 2.05) is 43.3 Å². The van der Waals surface area contributed by atoms with Crippen LogP contribution in [0.3, 0.4) is 0 Å². The number of aliphatic hydroxyl groups excluding tert-OH is 1. The number of carbonyl (C=O) groups is 2. The quantitative estimate of drug-likeness (QED) is 0.356. The molecule has 7 nitrogen and oxygen atoms in total. The van der Waals surface area contributed by atoms with Crippen molar-refractivity contribution in [1.82, 2.24) is 9.80 Å². The maximum absolute atomic E-state index is 13.2. The maximum Gasteiger partial charge on any atom is 0.295 e. The molecule has 0 spiro atoms. The Kier molecular flexibility index (Phi) is 7.88. The van der Waals surface area contributed by atoms with Crippen molar-refractivity contribution in [1.29, 1.82) is 0 Å². The second kappa shape index (κ2) is 11.1. The van der Waals surface area contributed by atoms with E-state index in [9.17, 15) is 14.7 Å². The van der Waals surface area contributed by atoms with Gasteiger partial charge in [0.1, 0.15) is 5.76 Å². The van der Waals surface area contributed by atoms with Gasteiger partial charge in [-0.3, -0.25) is 14.5 Å². The normalized spacial score (nSPS) is 20.4. The van der Waals surface area contributed by atoms with Crippen molar-refractivity contribution >= 4 is 23.1 Å². The van der Waals surface area contributed by atoms with Gasteiger partial charge in [0.25, 0.3) is 11.7 Å². The number of amides is 1. The van der Waals surface area contributed by atoms with Crippen LogP contribution in [0.4, 0.5) is 5.69 Å². The molecule has 0 radical (unpaired) electrons. The van der Waals surface area contributed by atoms with E-state index < -0.39 is 17.7 Å². The Balaban J connectivity index is 1.72. The molecule has 0 saturated carbocycles. The molecule has 2 fully saturated rings. The minimum Gasteiger partial charge on any atom is -0.507 e. The Hall–Kier alpha value is -3.16. The number of morpholine rings is 1. The number of benzene rings is 2. The molecule has 1 atom stereocenters. The summed E-state index contributed by atoms with van der Waals surface area (Å²) in [6, 6.07) is 14.7. The molecular weight excluding hydrogens is 442 g/mol. The molecule has 0 aromatic heterocycles. The predicted octanol–water partition coefficient (Wildman–Crippen LogP) is 3.60. The van der Waals surface area contributed by atoms with Crippen molar-refractivity contribution in [2.45, 2.75) is 26.8 Å². The van der Waals surface area contributed by atoms with Gasteiger partial charge in [-0.05, 0) is 38.5 Å². The van der Waals surface area contributed by atoms with Gasteiger partial charge in [-0.1, -0.05) is 42.0 Å². The zero-order valence-corrected chi connectivity index (χ0v) is 20.9. The molecule has 2 aliphatic rings. The first-order chi connectivity index (χ1) is 16.9. The van der Waals surface area contributed by atoms with Crippen LogP contribution in [0.25, 0.3) is 5.76 Å². The van der Waals surface area contributed by atoms with E-state index >= 15 is 0 Å². The van der Waals surface area contributed by atoms with Crippen molar-refractivity contribution in [2.24, 2.45) is 0 Å². The summed E-state index contributed by atoms with van der Waals surface area (Å²) in [6.07, 6.45) is 0. The Morgan fingerprint density at radius 3 is 2.20 bits per heavy atom. The molecule has 0 unspecified atom stereocenters. The SMILES string of the molecule is CCN(CC)c1ccc([C@@H]2C(=C(O)c3ccc(C)cc3)C(=O)C(=O)N2CCN2CCOCC2)cc1. The number of hydrogen-bond acceptors (Lipinski definition) is 6. The topological polar surface area (TPSA) is 73.3 Å². The number of Topliss-reactive ketones (excluding diaryl/α,β-unsaturated/α-hetero) is 1. The summed E-state index contributed by atoms with van der Waals surface area (Å²) in [6.45, 7) is 12.0. The fraction of sp³-hybridized carbons (Fsp3) is 0.429. The van der Waals surface area contributed by atoms with E-state index in [0.717, 1.165) is 43.0 Å². The van der Waals surface area contributed by atoms with Crippen LogP contribution >= 0.6 is 0 Å². The number of ketones is 1. The lowest BCUT2D eigenvalue weighted by atomic mass is 9.95. The first kappa shape index (κ1) is 24.9. The molecule has 2 aliphatic heterocycles. The Morgan fingerprint density at radius 1 is 0.971 bits per heavy atom. The van der Waals surface area contributed by atoms with Crippen LogP contribution in [-0.4, -0.2) is 79.1 Å². The van der Waals surface area contributed by atoms with Crippen LogP contribution in [0.2, 0.25) is 0 Å². The number of carbonyl (C=O) groups excluding carboxylic acids is 2. The summed E-state index contributed by atoms with van der Waals surface area (Å²) < 4.78 is 5.43. The average molecular weight is 478 g/mol. The Morgan fingerprint density at radius 2 is 1.60 bits per heavy atom. The van der Waals surface area contributed by atoms with Crippen molar-refractivity contribution in [3.8, 4) is 0 Å². The van der Waals surface area contributed by atoms with Crippen LogP contribution in [0, 0.1) is 6.92 Å². The molecule has 0 aliphatic carbocycles. The van der Waals surface area contributed by atoms with Crippen LogP contribution in [-0.2, 0) is 14.3 Å². The number of ether oxygens (including phenoxy) is 1. The van der Waals surface area contributed by atoms with Crippen LogP contribution in [0.15, 0.2) is 54.1 Å². The summed E-state index contributed by atoms with van der Waals surface area (Å²) in [5.74, 6) is -1.33. The zero-order valence-electron chi connectivity index (χ0n) is 20.9. The highest BCUT2D eigenvalue weighted by Gasteiger charge is 2.46. The van der Waals surface area contributed by atoms with E-state index in [0.29, 0.717) is 31.9 Å². The molecule has 2 aromatic rings. The van der Waals surface area contributed by atoms with Crippen LogP contribution in [0.5, 0.6) is 0 Å². The smallest absolute Gasteiger partial charge is 0.295 e. The van der Waals surface area contributed by atoms with Gasteiger partial charge in [0.05, 0.1) is 24.8 Å². The van der Waals surface area contributed by atoms with Crippen molar-refractivity contribution in [3.63, 3.8) is 0 Å². The standard InChI is InChI=1S/C28H35N3O4/c1-4-30(5-2)23-12-10-21(11-13-23)25-24(26(32)22-8-6-20(3)7-9-22)27(33)28(34)31(25)15-14-29-16-18-35-19-17-29/h6-13,25,32H,4-5,14-19H2,1-3H3/t25-/m1/s1. The van der Waals surface area contributed by atoms with Crippen molar-refractivity contribution < 1.29 is 19.4 Å². The first-order valence-corrected chi connectivity index (χ1v) is 12.4. The lowest BCUT2D eigenvalue weighted by Gasteiger charge is -2.31. The van der Waals surface area contributed by atoms with E-state index in [1.54, 1.807) is 17.0 Å². The van der Waals surface area contributed by atoms with Gasteiger partial charge >= 0.3 is 0 Å². The summed E-state index contributed by atoms with van der Waals surface area (Å²) >= 11 is 0. The fourth-order valence-electron chi connectivity index (χ4n) is 4.85. The highest BCUT2D eigenvalue weighted by Crippen LogP contribution is 2.39. The van der Waals surface area contributed by atoms with Gasteiger partial charge in [-0.25, -0.2) is 0 Å². The fourth-order valence-corrected chi connectivity index (χ4v) is 4.85. The number of anilines is 1. The van der Waals surface area contributed by atoms with Crippen molar-refractivity contribution in [3.05, 3.63) is 70.8 Å². The van der Waals surface area contributed by atoms with Gasteiger partial charge in [-0.2, -0.15) is 0 Å². The molecular formula is C28H35N3O4. The average Bonchev–Trinajstić information content (AvgIpc) is 3.14. The van der Waals surface area contributed by atoms with Gasteiger partial charge in [0.15, 0.2) is 0 Å². The minimum absolute atomic E-state index is 0.130. The molecule has 2 heterocycles. The third kappa shape index (κ3) is 5.26. The van der Waals surface area contributed by atoms with Crippen LogP contribution < -0.4 is 4.90 Å². The number of likely N-dealkylation sites (tertiary alicyclic amines) is 1. The predicted molar refractivity (Wildman–Crippen MR) is 137 cm³/mol. The number of aliphatic hydroxyl groups is 1. The number of hydrogen-bond donors (Lipinski definition) is 1. The van der Waals surface area contributed by atoms with Gasteiger partial charge in [-0.15, -0.1) is 0 Å². The number of rotatable bonds is 8. The summed E-state index contributed by atoms with van der Waals surface area (Å²) in [7, 11) is 0. The third-order valence-electron chi connectivity index (χ3n) is 6.96. The lowest BCUT2D eigenvalue weighted by molar-refractivity contribution is -0.140. The van der Waals surface area contributed by atoms with Gasteiger partial charge < -0.3 is 19.6 Å². The van der Waals surface area contributed by atoms with E-state index in [4.69, 9.17) is 4.74 Å². The minimum atomic E-state index is -0.636. The van der Waals surface area contributed by atoms with E-state index in [2.05, 4.69) is 23.6 Å². The highest BCUT2D eigenvalue weighted by molar-refractivity contribution is 6.46. The van der Waals surface area contributed by atoms with Gasteiger partial charge in [0.2, 0.25) is 0 Å². The molecule has 2 aromatic carbocycles. The van der Waals surface area contributed by atoms with E-state index in [-0.39, 0.29) is 11.3 Å². The Bertz CT molecular complexity index is 1070. The summed E-state index contributed by atoms with van der Waals surface area (Å²) in [4.78, 5) is 32.6. The maximum atomic E-state index is 13.2. The summed E-state index contributed by atoms with van der Waals surface area (Å²) in [5.41, 5.74) is 3.64. The van der Waals surface area contributed by atoms with E-state index in [1.165, 1.54) is 0 Å². The third-order valence-corrected chi connectivity index (χ3v) is 6.96. The molecule has 7 heteroatoms. The second-order valence-corrected chi connectivity index (χ2v) is 9.08. The molecule has 2 saturated heterocycles. The van der Waals surface area contributed by atoms with Gasteiger partial charge in [0, 0.05) is 50.5 Å². The molecule has 186 valence electrons.